The predicted molar refractivity (Wildman–Crippen MR) is 102 cm³/mol. The van der Waals surface area contributed by atoms with E-state index in [-0.39, 0.29) is 41.1 Å². The normalized spacial score (nSPS) is 16.6. The van der Waals surface area contributed by atoms with E-state index in [0.29, 0.717) is 29.9 Å². The number of likely N-dealkylation sites (N-methyl/N-ethyl adjacent to an activating group) is 1. The van der Waals surface area contributed by atoms with Crippen LogP contribution in [0.25, 0.3) is 10.9 Å². The standard InChI is InChI=1S/C20H21FN4O3/c1-4-23-9-11(2)25-16-12(3)22-24(10-13-5-7-14(21)8-6-13)19(27)15(16)18(26)17(25)20(23)28/h5-8,11,26H,4,9-10H2,1-3H3/t11-/m0/s1. The number of hydrogen-bond acceptors (Lipinski definition) is 4. The Morgan fingerprint density at radius 1 is 1.25 bits per heavy atom. The van der Waals surface area contributed by atoms with Gasteiger partial charge < -0.3 is 14.6 Å². The zero-order valence-electron chi connectivity index (χ0n) is 15.9. The first-order chi connectivity index (χ1) is 13.3. The van der Waals surface area contributed by atoms with Crippen molar-refractivity contribution in [1.82, 2.24) is 19.2 Å². The Morgan fingerprint density at radius 2 is 1.93 bits per heavy atom. The molecule has 0 unspecified atom stereocenters. The lowest BCUT2D eigenvalue weighted by Gasteiger charge is -2.32. The molecule has 0 aliphatic carbocycles. The van der Waals surface area contributed by atoms with Gasteiger partial charge >= 0.3 is 0 Å². The molecule has 1 aliphatic heterocycles. The van der Waals surface area contributed by atoms with Gasteiger partial charge in [0.1, 0.15) is 11.2 Å². The van der Waals surface area contributed by atoms with Gasteiger partial charge in [0.2, 0.25) is 0 Å². The van der Waals surface area contributed by atoms with Gasteiger partial charge in [0.15, 0.2) is 11.4 Å². The molecule has 28 heavy (non-hydrogen) atoms. The third-order valence-electron chi connectivity index (χ3n) is 5.28. The second kappa shape index (κ2) is 6.47. The van der Waals surface area contributed by atoms with Crippen LogP contribution >= 0.6 is 0 Å². The van der Waals surface area contributed by atoms with Crippen LogP contribution in [0.15, 0.2) is 29.1 Å². The van der Waals surface area contributed by atoms with Gasteiger partial charge in [-0.25, -0.2) is 9.07 Å². The van der Waals surface area contributed by atoms with Gasteiger partial charge in [-0.3, -0.25) is 9.59 Å². The highest BCUT2D eigenvalue weighted by molar-refractivity contribution is 6.04. The molecule has 0 spiro atoms. The maximum absolute atomic E-state index is 13.1. The Labute approximate surface area is 160 Å². The van der Waals surface area contributed by atoms with Crippen molar-refractivity contribution >= 4 is 16.8 Å². The van der Waals surface area contributed by atoms with Crippen LogP contribution in [0, 0.1) is 12.7 Å². The lowest BCUT2D eigenvalue weighted by atomic mass is 10.2. The number of rotatable bonds is 3. The molecule has 1 N–H and O–H groups in total. The molecular weight excluding hydrogens is 363 g/mol. The first kappa shape index (κ1) is 18.2. The van der Waals surface area contributed by atoms with E-state index < -0.39 is 5.56 Å². The van der Waals surface area contributed by atoms with Gasteiger partial charge in [0.25, 0.3) is 11.5 Å². The summed E-state index contributed by atoms with van der Waals surface area (Å²) in [6.45, 7) is 6.74. The monoisotopic (exact) mass is 384 g/mol. The van der Waals surface area contributed by atoms with Crippen molar-refractivity contribution in [2.24, 2.45) is 0 Å². The summed E-state index contributed by atoms with van der Waals surface area (Å²) in [5, 5.41) is 15.3. The van der Waals surface area contributed by atoms with Crippen molar-refractivity contribution in [3.63, 3.8) is 0 Å². The fourth-order valence-corrected chi connectivity index (χ4v) is 3.96. The first-order valence-corrected chi connectivity index (χ1v) is 9.21. The molecule has 1 atom stereocenters. The first-order valence-electron chi connectivity index (χ1n) is 9.21. The molecule has 0 radical (unpaired) electrons. The van der Waals surface area contributed by atoms with Crippen LogP contribution in [0.5, 0.6) is 5.75 Å². The number of hydrogen-bond donors (Lipinski definition) is 1. The van der Waals surface area contributed by atoms with E-state index >= 15 is 0 Å². The maximum Gasteiger partial charge on any atom is 0.280 e. The van der Waals surface area contributed by atoms with Crippen LogP contribution in [0.4, 0.5) is 4.39 Å². The molecule has 2 aromatic heterocycles. The van der Waals surface area contributed by atoms with Gasteiger partial charge in [0, 0.05) is 19.1 Å². The summed E-state index contributed by atoms with van der Waals surface area (Å²) in [7, 11) is 0. The van der Waals surface area contributed by atoms with Gasteiger partial charge in [0.05, 0.1) is 17.8 Å². The summed E-state index contributed by atoms with van der Waals surface area (Å²) < 4.78 is 16.1. The number of benzene rings is 1. The third kappa shape index (κ3) is 2.59. The van der Waals surface area contributed by atoms with Gasteiger partial charge in [-0.15, -0.1) is 0 Å². The molecule has 0 bridgehead atoms. The molecule has 1 amide bonds. The third-order valence-corrected chi connectivity index (χ3v) is 5.28. The molecule has 0 fully saturated rings. The fraction of sp³-hybridized carbons (Fsp3) is 0.350. The van der Waals surface area contributed by atoms with Crippen molar-refractivity contribution in [3.05, 3.63) is 57.4 Å². The number of amides is 1. The van der Waals surface area contributed by atoms with E-state index in [1.807, 2.05) is 13.8 Å². The summed E-state index contributed by atoms with van der Waals surface area (Å²) >= 11 is 0. The molecule has 1 aliphatic rings. The minimum absolute atomic E-state index is 0.0936. The molecule has 8 heteroatoms. The van der Waals surface area contributed by atoms with Crippen LogP contribution < -0.4 is 5.56 Å². The van der Waals surface area contributed by atoms with Crippen molar-refractivity contribution in [2.75, 3.05) is 13.1 Å². The van der Waals surface area contributed by atoms with Crippen LogP contribution in [0.2, 0.25) is 0 Å². The highest BCUT2D eigenvalue weighted by atomic mass is 19.1. The summed E-state index contributed by atoms with van der Waals surface area (Å²) in [5.41, 5.74) is 1.40. The highest BCUT2D eigenvalue weighted by Crippen LogP contribution is 2.37. The molecule has 7 nitrogen and oxygen atoms in total. The van der Waals surface area contributed by atoms with Crippen LogP contribution in [0.3, 0.4) is 0 Å². The van der Waals surface area contributed by atoms with Crippen molar-refractivity contribution in [3.8, 4) is 5.75 Å². The number of carbonyl (C=O) groups excluding carboxylic acids is 1. The van der Waals surface area contributed by atoms with Gasteiger partial charge in [-0.1, -0.05) is 12.1 Å². The second-order valence-electron chi connectivity index (χ2n) is 7.16. The molecule has 4 rings (SSSR count). The number of nitrogens with zero attached hydrogens (tertiary/aromatic N) is 4. The van der Waals surface area contributed by atoms with E-state index in [4.69, 9.17) is 0 Å². The Kier molecular flexibility index (Phi) is 4.21. The maximum atomic E-state index is 13.1. The number of aromatic nitrogens is 3. The molecule has 0 saturated carbocycles. The summed E-state index contributed by atoms with van der Waals surface area (Å²) in [6.07, 6.45) is 0. The highest BCUT2D eigenvalue weighted by Gasteiger charge is 2.35. The van der Waals surface area contributed by atoms with Crippen molar-refractivity contribution in [2.45, 2.75) is 33.4 Å². The average molecular weight is 384 g/mol. The van der Waals surface area contributed by atoms with E-state index in [1.165, 1.54) is 16.8 Å². The largest absolute Gasteiger partial charge is 0.505 e. The van der Waals surface area contributed by atoms with E-state index in [1.54, 1.807) is 28.5 Å². The molecule has 1 aromatic carbocycles. The van der Waals surface area contributed by atoms with Crippen molar-refractivity contribution in [1.29, 1.82) is 0 Å². The summed E-state index contributed by atoms with van der Waals surface area (Å²) in [4.78, 5) is 27.5. The fourth-order valence-electron chi connectivity index (χ4n) is 3.96. The lowest BCUT2D eigenvalue weighted by molar-refractivity contribution is 0.0686. The zero-order chi connectivity index (χ0) is 20.2. The molecule has 146 valence electrons. The number of fused-ring (bicyclic) bond motifs is 3. The summed E-state index contributed by atoms with van der Waals surface area (Å²) in [5.74, 6) is -0.951. The molecular formula is C20H21FN4O3. The van der Waals surface area contributed by atoms with E-state index in [0.717, 1.165) is 0 Å². The molecule has 3 heterocycles. The van der Waals surface area contributed by atoms with E-state index in [9.17, 15) is 19.1 Å². The minimum Gasteiger partial charge on any atom is -0.505 e. The zero-order valence-corrected chi connectivity index (χ0v) is 15.9. The van der Waals surface area contributed by atoms with Crippen LogP contribution in [-0.4, -0.2) is 43.4 Å². The number of aromatic hydroxyl groups is 1. The van der Waals surface area contributed by atoms with E-state index in [2.05, 4.69) is 5.10 Å². The smallest absolute Gasteiger partial charge is 0.280 e. The Hall–Kier alpha value is -3.16. The predicted octanol–water partition coefficient (Wildman–Crippen LogP) is 2.44. The number of carbonyl (C=O) groups is 1. The van der Waals surface area contributed by atoms with Gasteiger partial charge in [-0.2, -0.15) is 5.10 Å². The Bertz CT molecular complexity index is 1150. The minimum atomic E-state index is -0.479. The molecule has 3 aromatic rings. The Balaban J connectivity index is 1.93. The summed E-state index contributed by atoms with van der Waals surface area (Å²) in [6, 6.07) is 5.71. The van der Waals surface area contributed by atoms with Crippen molar-refractivity contribution < 1.29 is 14.3 Å². The lowest BCUT2D eigenvalue weighted by Crippen LogP contribution is -2.41. The Morgan fingerprint density at radius 3 is 2.57 bits per heavy atom. The quantitative estimate of drug-likeness (QED) is 0.752. The number of halogens is 1. The average Bonchev–Trinajstić information content (AvgIpc) is 2.99. The molecule has 0 saturated heterocycles. The van der Waals surface area contributed by atoms with Crippen LogP contribution in [0.1, 0.15) is 41.6 Å². The van der Waals surface area contributed by atoms with Gasteiger partial charge in [-0.05, 0) is 38.5 Å². The number of aryl methyl sites for hydroxylation is 1. The second-order valence-corrected chi connectivity index (χ2v) is 7.16. The SMILES string of the molecule is CCN1C[C@H](C)n2c(c(O)c3c(=O)n(Cc4ccc(F)cc4)nc(C)c32)C1=O. The topological polar surface area (TPSA) is 80.4 Å². The van der Waals surface area contributed by atoms with Crippen LogP contribution in [-0.2, 0) is 6.54 Å².